The summed E-state index contributed by atoms with van der Waals surface area (Å²) in [6.07, 6.45) is 8.33. The van der Waals surface area contributed by atoms with Crippen molar-refractivity contribution in [3.63, 3.8) is 0 Å². The fraction of sp³-hybridized carbons (Fsp3) is 0.969. The second-order valence-corrected chi connectivity index (χ2v) is 9.86. The zero-order valence-electron chi connectivity index (χ0n) is 27.9. The lowest BCUT2D eigenvalue weighted by atomic mass is 10.1. The van der Waals surface area contributed by atoms with Crippen molar-refractivity contribution in [1.82, 2.24) is 0 Å². The second-order valence-electron chi connectivity index (χ2n) is 9.86. The third-order valence-corrected chi connectivity index (χ3v) is 5.97. The summed E-state index contributed by atoms with van der Waals surface area (Å²) >= 11 is 0. The summed E-state index contributed by atoms with van der Waals surface area (Å²) in [6.45, 7) is 15.2. The summed E-state index contributed by atoms with van der Waals surface area (Å²) < 4.78 is 59.7. The molecule has 0 unspecified atom stereocenters. The number of ether oxygens (including phenoxy) is 11. The standard InChI is InChI=1S/C32H64O12/c1-3-5-7-8-9-10-32(33)44-31-30-43-29-28-42-27-26-41-25-24-40-23-22-39-21-20-38-19-18-37-17-16-36-15-14-35-13-12-34-11-6-4-2/h3-31H2,1-2H3. The van der Waals surface area contributed by atoms with E-state index >= 15 is 0 Å². The third kappa shape index (κ3) is 39.1. The van der Waals surface area contributed by atoms with Gasteiger partial charge in [-0.2, -0.15) is 0 Å². The van der Waals surface area contributed by atoms with E-state index in [1.54, 1.807) is 0 Å². The monoisotopic (exact) mass is 640 g/mol. The van der Waals surface area contributed by atoms with Gasteiger partial charge < -0.3 is 52.1 Å². The minimum atomic E-state index is -0.145. The average Bonchev–Trinajstić information content (AvgIpc) is 3.03. The number of hydrogen-bond donors (Lipinski definition) is 0. The van der Waals surface area contributed by atoms with Crippen LogP contribution in [0.2, 0.25) is 0 Å². The Kier molecular flexibility index (Phi) is 39.2. The Hall–Kier alpha value is -0.930. The quantitative estimate of drug-likeness (QED) is 0.0717. The lowest BCUT2D eigenvalue weighted by Crippen LogP contribution is -2.15. The highest BCUT2D eigenvalue weighted by Crippen LogP contribution is 2.05. The van der Waals surface area contributed by atoms with Crippen molar-refractivity contribution < 1.29 is 56.9 Å². The molecule has 44 heavy (non-hydrogen) atoms. The normalized spacial score (nSPS) is 11.4. The van der Waals surface area contributed by atoms with Crippen molar-refractivity contribution in [3.8, 4) is 0 Å². The van der Waals surface area contributed by atoms with E-state index in [1.165, 1.54) is 19.3 Å². The minimum Gasteiger partial charge on any atom is -0.463 e. The highest BCUT2D eigenvalue weighted by Gasteiger charge is 2.02. The molecule has 0 fully saturated rings. The van der Waals surface area contributed by atoms with Crippen LogP contribution in [0.4, 0.5) is 0 Å². The van der Waals surface area contributed by atoms with Gasteiger partial charge in [-0.25, -0.2) is 0 Å². The molecule has 0 aliphatic carbocycles. The Morgan fingerprint density at radius 2 is 0.591 bits per heavy atom. The van der Waals surface area contributed by atoms with Crippen molar-refractivity contribution in [2.24, 2.45) is 0 Å². The molecule has 0 bridgehead atoms. The third-order valence-electron chi connectivity index (χ3n) is 5.97. The largest absolute Gasteiger partial charge is 0.463 e. The van der Waals surface area contributed by atoms with Gasteiger partial charge in [-0.05, 0) is 12.8 Å². The van der Waals surface area contributed by atoms with Crippen molar-refractivity contribution >= 4 is 5.97 Å². The van der Waals surface area contributed by atoms with Crippen LogP contribution in [0.3, 0.4) is 0 Å². The molecule has 0 aliphatic rings. The van der Waals surface area contributed by atoms with Gasteiger partial charge in [0, 0.05) is 13.0 Å². The molecular formula is C32H64O12. The van der Waals surface area contributed by atoms with Gasteiger partial charge in [0.15, 0.2) is 0 Å². The lowest BCUT2D eigenvalue weighted by Gasteiger charge is -2.09. The molecule has 0 rings (SSSR count). The van der Waals surface area contributed by atoms with Crippen LogP contribution in [0.15, 0.2) is 0 Å². The van der Waals surface area contributed by atoms with Crippen LogP contribution in [0.5, 0.6) is 0 Å². The molecule has 0 saturated heterocycles. The molecule has 0 saturated carbocycles. The van der Waals surface area contributed by atoms with Gasteiger partial charge in [0.25, 0.3) is 0 Å². The van der Waals surface area contributed by atoms with Crippen LogP contribution >= 0.6 is 0 Å². The molecule has 0 heterocycles. The smallest absolute Gasteiger partial charge is 0.305 e. The molecule has 12 nitrogen and oxygen atoms in total. The molecule has 0 radical (unpaired) electrons. The molecule has 0 amide bonds. The molecule has 0 aromatic heterocycles. The van der Waals surface area contributed by atoms with E-state index in [0.29, 0.717) is 132 Å². The van der Waals surface area contributed by atoms with E-state index in [4.69, 9.17) is 52.1 Å². The molecule has 0 N–H and O–H groups in total. The van der Waals surface area contributed by atoms with Gasteiger partial charge in [0.05, 0.1) is 126 Å². The number of unbranched alkanes of at least 4 members (excludes halogenated alkanes) is 5. The van der Waals surface area contributed by atoms with Gasteiger partial charge in [0.1, 0.15) is 6.61 Å². The first-order valence-corrected chi connectivity index (χ1v) is 16.7. The molecule has 0 aromatic carbocycles. The van der Waals surface area contributed by atoms with Gasteiger partial charge in [-0.1, -0.05) is 46.0 Å². The van der Waals surface area contributed by atoms with Crippen LogP contribution < -0.4 is 0 Å². The Labute approximate surface area is 266 Å². The second kappa shape index (κ2) is 40.1. The Bertz CT molecular complexity index is 541. The summed E-state index contributed by atoms with van der Waals surface area (Å²) in [5.41, 5.74) is 0. The summed E-state index contributed by atoms with van der Waals surface area (Å²) in [5, 5.41) is 0. The highest BCUT2D eigenvalue weighted by atomic mass is 16.6. The molecule has 0 spiro atoms. The van der Waals surface area contributed by atoms with E-state index in [0.717, 1.165) is 32.3 Å². The maximum Gasteiger partial charge on any atom is 0.305 e. The number of rotatable bonds is 39. The average molecular weight is 641 g/mol. The fourth-order valence-electron chi connectivity index (χ4n) is 3.49. The van der Waals surface area contributed by atoms with E-state index in [9.17, 15) is 4.79 Å². The summed E-state index contributed by atoms with van der Waals surface area (Å²) in [7, 11) is 0. The van der Waals surface area contributed by atoms with E-state index < -0.39 is 0 Å². The maximum atomic E-state index is 11.6. The maximum absolute atomic E-state index is 11.6. The van der Waals surface area contributed by atoms with Gasteiger partial charge in [-0.3, -0.25) is 4.79 Å². The molecular weight excluding hydrogens is 576 g/mol. The summed E-state index contributed by atoms with van der Waals surface area (Å²) in [6, 6.07) is 0. The first-order chi connectivity index (χ1) is 21.8. The van der Waals surface area contributed by atoms with Crippen LogP contribution in [-0.2, 0) is 56.9 Å². The van der Waals surface area contributed by atoms with Crippen molar-refractivity contribution in [2.75, 3.05) is 139 Å². The number of carbonyl (C=O) groups excluding carboxylic acids is 1. The Balaban J connectivity index is 3.08. The van der Waals surface area contributed by atoms with Gasteiger partial charge in [0.2, 0.25) is 0 Å². The molecule has 264 valence electrons. The van der Waals surface area contributed by atoms with Crippen LogP contribution in [0.1, 0.15) is 65.2 Å². The summed E-state index contributed by atoms with van der Waals surface area (Å²) in [4.78, 5) is 11.6. The predicted molar refractivity (Wildman–Crippen MR) is 167 cm³/mol. The van der Waals surface area contributed by atoms with Crippen molar-refractivity contribution in [2.45, 2.75) is 65.2 Å². The molecule has 12 heteroatoms. The zero-order chi connectivity index (χ0) is 31.9. The van der Waals surface area contributed by atoms with E-state index in [-0.39, 0.29) is 12.6 Å². The highest BCUT2D eigenvalue weighted by molar-refractivity contribution is 5.69. The zero-order valence-corrected chi connectivity index (χ0v) is 27.9. The van der Waals surface area contributed by atoms with Gasteiger partial charge in [-0.15, -0.1) is 0 Å². The molecule has 0 atom stereocenters. The number of carbonyl (C=O) groups is 1. The fourth-order valence-corrected chi connectivity index (χ4v) is 3.49. The Morgan fingerprint density at radius 3 is 0.909 bits per heavy atom. The van der Waals surface area contributed by atoms with Crippen LogP contribution in [0.25, 0.3) is 0 Å². The van der Waals surface area contributed by atoms with Crippen LogP contribution in [-0.4, -0.2) is 145 Å². The van der Waals surface area contributed by atoms with Crippen LogP contribution in [0, 0.1) is 0 Å². The van der Waals surface area contributed by atoms with Gasteiger partial charge >= 0.3 is 5.97 Å². The van der Waals surface area contributed by atoms with Crippen molar-refractivity contribution in [1.29, 1.82) is 0 Å². The minimum absolute atomic E-state index is 0.145. The molecule has 0 aliphatic heterocycles. The lowest BCUT2D eigenvalue weighted by molar-refractivity contribution is -0.145. The first-order valence-electron chi connectivity index (χ1n) is 16.7. The van der Waals surface area contributed by atoms with Crippen molar-refractivity contribution in [3.05, 3.63) is 0 Å². The van der Waals surface area contributed by atoms with E-state index in [2.05, 4.69) is 13.8 Å². The SMILES string of the molecule is CCCCCCCC(=O)OCCOCCOCCOCCOCCOCCOCCOCCOCCOCCOCCCC. The van der Waals surface area contributed by atoms with E-state index in [1.807, 2.05) is 0 Å². The molecule has 0 aromatic rings. The first kappa shape index (κ1) is 43.1. The summed E-state index contributed by atoms with van der Waals surface area (Å²) in [5.74, 6) is -0.145. The number of esters is 1. The topological polar surface area (TPSA) is 119 Å². The predicted octanol–water partition coefficient (Wildman–Crippen LogP) is 3.86. The Morgan fingerprint density at radius 1 is 0.318 bits per heavy atom. The number of hydrogen-bond acceptors (Lipinski definition) is 12.